The molecule has 2 N–H and O–H groups in total. The Hall–Kier alpha value is -3.64. The lowest BCUT2D eigenvalue weighted by atomic mass is 10.00. The number of hydrogen-bond acceptors (Lipinski definition) is 5. The van der Waals surface area contributed by atoms with Gasteiger partial charge < -0.3 is 25.0 Å². The number of rotatable bonds is 5. The van der Waals surface area contributed by atoms with Crippen LogP contribution < -0.4 is 10.1 Å². The maximum absolute atomic E-state index is 13.4. The number of nitrogens with one attached hydrogen (secondary N) is 1. The average molecular weight is 497 g/mol. The first-order valence-electron chi connectivity index (χ1n) is 12.0. The van der Waals surface area contributed by atoms with E-state index in [1.807, 2.05) is 20.8 Å². The summed E-state index contributed by atoms with van der Waals surface area (Å²) in [6.45, 7) is 7.98. The minimum absolute atomic E-state index is 0.159. The van der Waals surface area contributed by atoms with Crippen molar-refractivity contribution in [3.05, 3.63) is 53.5 Å². The SMILES string of the molecule is CC(C)C#Cc1cnc2c(c1)C(=O)N([C@@H](C)CO)C[C@@H](C)[C@@H](CN(C)C(=O)Nc1ccc(F)cc1)O2. The van der Waals surface area contributed by atoms with E-state index >= 15 is 0 Å². The van der Waals surface area contributed by atoms with Crippen molar-refractivity contribution in [3.63, 3.8) is 0 Å². The Balaban J connectivity index is 1.87. The first-order chi connectivity index (χ1) is 17.1. The zero-order valence-electron chi connectivity index (χ0n) is 21.3. The van der Waals surface area contributed by atoms with Crippen LogP contribution in [-0.2, 0) is 0 Å². The Bertz CT molecular complexity index is 1140. The van der Waals surface area contributed by atoms with Gasteiger partial charge in [-0.15, -0.1) is 0 Å². The lowest BCUT2D eigenvalue weighted by Crippen LogP contribution is -2.50. The Labute approximate surface area is 211 Å². The number of ether oxygens (including phenoxy) is 1. The van der Waals surface area contributed by atoms with E-state index in [2.05, 4.69) is 22.1 Å². The molecule has 1 aliphatic rings. The van der Waals surface area contributed by atoms with Gasteiger partial charge in [0.15, 0.2) is 0 Å². The standard InChI is InChI=1S/C27H33FN4O4/c1-17(2)6-7-20-12-23-25(29-13-20)36-24(18(3)14-32(26(23)34)19(4)16-33)15-31(5)27(35)30-22-10-8-21(28)9-11-22/h8-13,17-19,24,33H,14-16H2,1-5H3,(H,30,35)/t18-,19+,24-/m1/s1. The third-order valence-corrected chi connectivity index (χ3v) is 5.92. The number of benzene rings is 1. The summed E-state index contributed by atoms with van der Waals surface area (Å²) >= 11 is 0. The highest BCUT2D eigenvalue weighted by Gasteiger charge is 2.34. The number of aliphatic hydroxyl groups is 1. The molecule has 1 aromatic carbocycles. The molecule has 36 heavy (non-hydrogen) atoms. The van der Waals surface area contributed by atoms with Crippen LogP contribution in [-0.4, -0.2) is 70.7 Å². The Morgan fingerprint density at radius 1 is 1.33 bits per heavy atom. The number of urea groups is 1. The molecule has 0 fully saturated rings. The van der Waals surface area contributed by atoms with Crippen LogP contribution in [0.25, 0.3) is 0 Å². The number of pyridine rings is 1. The number of hydrogen-bond donors (Lipinski definition) is 2. The topological polar surface area (TPSA) is 95.0 Å². The van der Waals surface area contributed by atoms with Gasteiger partial charge in [0.25, 0.3) is 5.91 Å². The second-order valence-corrected chi connectivity index (χ2v) is 9.44. The third-order valence-electron chi connectivity index (χ3n) is 5.92. The van der Waals surface area contributed by atoms with Gasteiger partial charge in [0, 0.05) is 42.9 Å². The largest absolute Gasteiger partial charge is 0.472 e. The van der Waals surface area contributed by atoms with Crippen LogP contribution in [0, 0.1) is 29.5 Å². The van der Waals surface area contributed by atoms with Gasteiger partial charge in [0.2, 0.25) is 5.88 Å². The molecular formula is C27H33FN4O4. The summed E-state index contributed by atoms with van der Waals surface area (Å²) in [5.74, 6) is 5.55. The fourth-order valence-corrected chi connectivity index (χ4v) is 3.72. The molecule has 3 atom stereocenters. The molecule has 3 rings (SSSR count). The molecular weight excluding hydrogens is 463 g/mol. The van der Waals surface area contributed by atoms with Gasteiger partial charge in [0.05, 0.1) is 19.2 Å². The molecule has 3 amide bonds. The number of aromatic nitrogens is 1. The second kappa shape index (κ2) is 11.9. The van der Waals surface area contributed by atoms with Crippen molar-refractivity contribution < 1.29 is 23.8 Å². The van der Waals surface area contributed by atoms with Crippen LogP contribution in [0.5, 0.6) is 5.88 Å². The summed E-state index contributed by atoms with van der Waals surface area (Å²) in [5.41, 5.74) is 1.33. The zero-order valence-corrected chi connectivity index (χ0v) is 21.3. The quantitative estimate of drug-likeness (QED) is 0.617. The number of fused-ring (bicyclic) bond motifs is 1. The van der Waals surface area contributed by atoms with E-state index in [4.69, 9.17) is 4.74 Å². The number of carbonyl (C=O) groups is 2. The van der Waals surface area contributed by atoms with E-state index in [-0.39, 0.29) is 54.2 Å². The number of carbonyl (C=O) groups excluding carboxylic acids is 2. The molecule has 0 bridgehead atoms. The van der Waals surface area contributed by atoms with E-state index in [1.165, 1.54) is 29.2 Å². The molecule has 0 unspecified atom stereocenters. The van der Waals surface area contributed by atoms with Gasteiger partial charge in [-0.05, 0) is 37.3 Å². The first kappa shape index (κ1) is 27.0. The van der Waals surface area contributed by atoms with E-state index < -0.39 is 12.1 Å². The molecule has 8 nitrogen and oxygen atoms in total. The lowest BCUT2D eigenvalue weighted by molar-refractivity contribution is 0.0356. The zero-order chi connectivity index (χ0) is 26.4. The Morgan fingerprint density at radius 3 is 2.67 bits per heavy atom. The van der Waals surface area contributed by atoms with E-state index in [0.717, 1.165) is 0 Å². The minimum Gasteiger partial charge on any atom is -0.472 e. The maximum Gasteiger partial charge on any atom is 0.321 e. The van der Waals surface area contributed by atoms with Crippen molar-refractivity contribution in [2.45, 2.75) is 39.8 Å². The van der Waals surface area contributed by atoms with Crippen LogP contribution in [0.2, 0.25) is 0 Å². The highest BCUT2D eigenvalue weighted by Crippen LogP contribution is 2.27. The number of halogens is 1. The number of aliphatic hydroxyl groups excluding tert-OH is 1. The van der Waals surface area contributed by atoms with Crippen molar-refractivity contribution in [2.75, 3.05) is 32.1 Å². The monoisotopic (exact) mass is 496 g/mol. The number of amides is 3. The summed E-state index contributed by atoms with van der Waals surface area (Å²) in [6.07, 6.45) is 1.07. The van der Waals surface area contributed by atoms with Gasteiger partial charge >= 0.3 is 6.03 Å². The van der Waals surface area contributed by atoms with E-state index in [1.54, 1.807) is 31.1 Å². The molecule has 0 saturated heterocycles. The number of likely N-dealkylation sites (N-methyl/N-ethyl adjacent to an activating group) is 1. The summed E-state index contributed by atoms with van der Waals surface area (Å²) < 4.78 is 19.4. The van der Waals surface area contributed by atoms with Gasteiger partial charge in [-0.25, -0.2) is 14.2 Å². The van der Waals surface area contributed by atoms with Crippen molar-refractivity contribution in [1.29, 1.82) is 0 Å². The highest BCUT2D eigenvalue weighted by atomic mass is 19.1. The van der Waals surface area contributed by atoms with Crippen molar-refractivity contribution in [2.24, 2.45) is 11.8 Å². The summed E-state index contributed by atoms with van der Waals surface area (Å²) in [7, 11) is 1.63. The van der Waals surface area contributed by atoms with Crippen LogP contribution in [0.3, 0.4) is 0 Å². The minimum atomic E-state index is -0.491. The van der Waals surface area contributed by atoms with Gasteiger partial charge in [0.1, 0.15) is 17.5 Å². The first-order valence-corrected chi connectivity index (χ1v) is 12.0. The Kier molecular flexibility index (Phi) is 8.88. The smallest absolute Gasteiger partial charge is 0.321 e. The molecule has 0 saturated carbocycles. The Morgan fingerprint density at radius 2 is 2.03 bits per heavy atom. The fourth-order valence-electron chi connectivity index (χ4n) is 3.72. The van der Waals surface area contributed by atoms with Gasteiger partial charge in [-0.1, -0.05) is 32.6 Å². The average Bonchev–Trinajstić information content (AvgIpc) is 2.85. The molecule has 2 aromatic rings. The summed E-state index contributed by atoms with van der Waals surface area (Å²) in [6, 6.07) is 6.36. The van der Waals surface area contributed by atoms with Crippen LogP contribution in [0.15, 0.2) is 36.5 Å². The van der Waals surface area contributed by atoms with Crippen molar-refractivity contribution >= 4 is 17.6 Å². The molecule has 2 heterocycles. The van der Waals surface area contributed by atoms with Crippen LogP contribution in [0.1, 0.15) is 43.6 Å². The van der Waals surface area contributed by atoms with Crippen LogP contribution in [0.4, 0.5) is 14.9 Å². The molecule has 0 aliphatic carbocycles. The van der Waals surface area contributed by atoms with Crippen LogP contribution >= 0.6 is 0 Å². The highest BCUT2D eigenvalue weighted by molar-refractivity contribution is 5.97. The molecule has 1 aromatic heterocycles. The fraction of sp³-hybridized carbons (Fsp3) is 0.444. The molecule has 0 radical (unpaired) electrons. The van der Waals surface area contributed by atoms with E-state index in [9.17, 15) is 19.1 Å². The number of nitrogens with zero attached hydrogens (tertiary/aromatic N) is 3. The normalized spacial score (nSPS) is 18.2. The summed E-state index contributed by atoms with van der Waals surface area (Å²) in [5, 5.41) is 12.5. The molecule has 0 spiro atoms. The van der Waals surface area contributed by atoms with Crippen molar-refractivity contribution in [1.82, 2.24) is 14.8 Å². The predicted molar refractivity (Wildman–Crippen MR) is 135 cm³/mol. The predicted octanol–water partition coefficient (Wildman–Crippen LogP) is 3.61. The lowest BCUT2D eigenvalue weighted by Gasteiger charge is -2.37. The molecule has 1 aliphatic heterocycles. The summed E-state index contributed by atoms with van der Waals surface area (Å²) in [4.78, 5) is 33.7. The van der Waals surface area contributed by atoms with E-state index in [0.29, 0.717) is 17.8 Å². The van der Waals surface area contributed by atoms with Gasteiger partial charge in [-0.2, -0.15) is 0 Å². The van der Waals surface area contributed by atoms with Crippen molar-refractivity contribution in [3.8, 4) is 17.7 Å². The number of anilines is 1. The van der Waals surface area contributed by atoms with Gasteiger partial charge in [-0.3, -0.25) is 4.79 Å². The third kappa shape index (κ3) is 6.73. The second-order valence-electron chi connectivity index (χ2n) is 9.44. The maximum atomic E-state index is 13.4. The molecule has 192 valence electrons. The molecule has 9 heteroatoms.